The largest absolute Gasteiger partial charge is 0.207 e. The Morgan fingerprint density at radius 1 is 0.792 bits per heavy atom. The van der Waals surface area contributed by atoms with Crippen molar-refractivity contribution in [1.82, 2.24) is 0 Å². The van der Waals surface area contributed by atoms with E-state index in [0.717, 1.165) is 29.5 Å². The van der Waals surface area contributed by atoms with Crippen LogP contribution >= 0.6 is 0 Å². The summed E-state index contributed by atoms with van der Waals surface area (Å²) in [6.45, 7) is 12.1. The van der Waals surface area contributed by atoms with Crippen molar-refractivity contribution in [3.63, 3.8) is 0 Å². The van der Waals surface area contributed by atoms with E-state index in [4.69, 9.17) is 0 Å². The second-order valence-corrected chi connectivity index (χ2v) is 6.69. The van der Waals surface area contributed by atoms with Crippen LogP contribution in [-0.2, 0) is 12.8 Å². The summed E-state index contributed by atoms with van der Waals surface area (Å²) in [7, 11) is 0. The fraction of sp³-hybridized carbons (Fsp3) is 0.455. The van der Waals surface area contributed by atoms with Crippen LogP contribution in [-0.4, -0.2) is 0 Å². The minimum Gasteiger partial charge on any atom is -0.207 e. The number of rotatable bonds is 4. The quantitative estimate of drug-likeness (QED) is 0.564. The van der Waals surface area contributed by atoms with Gasteiger partial charge in [0.2, 0.25) is 0 Å². The third kappa shape index (κ3) is 5.43. The van der Waals surface area contributed by atoms with Gasteiger partial charge in [-0.15, -0.1) is 0 Å². The average molecular weight is 332 g/mol. The van der Waals surface area contributed by atoms with Gasteiger partial charge in [0.05, 0.1) is 0 Å². The molecule has 2 aromatic rings. The van der Waals surface area contributed by atoms with Crippen LogP contribution in [0.5, 0.6) is 0 Å². The van der Waals surface area contributed by atoms with Crippen LogP contribution in [0.1, 0.15) is 75.6 Å². The first-order valence-corrected chi connectivity index (χ1v) is 8.87. The summed E-state index contributed by atoms with van der Waals surface area (Å²) in [5.41, 5.74) is 3.69. The summed E-state index contributed by atoms with van der Waals surface area (Å²) in [6.07, 6.45) is 1.74. The lowest BCUT2D eigenvalue weighted by molar-refractivity contribution is 0.584. The first kappa shape index (κ1) is 20.3. The monoisotopic (exact) mass is 332 g/mol. The van der Waals surface area contributed by atoms with Crippen LogP contribution in [0.15, 0.2) is 36.4 Å². The second-order valence-electron chi connectivity index (χ2n) is 6.69. The molecule has 0 fully saturated rings. The summed E-state index contributed by atoms with van der Waals surface area (Å²) in [6, 6.07) is 11.0. The maximum atomic E-state index is 13.5. The van der Waals surface area contributed by atoms with E-state index in [1.165, 1.54) is 5.56 Å². The third-order valence-electron chi connectivity index (χ3n) is 4.20. The van der Waals surface area contributed by atoms with Crippen molar-refractivity contribution in [3.8, 4) is 0 Å². The molecule has 0 aromatic heterocycles. The molecule has 0 heterocycles. The Hall–Kier alpha value is -1.70. The molecule has 0 radical (unpaired) electrons. The van der Waals surface area contributed by atoms with E-state index in [1.54, 1.807) is 6.07 Å². The van der Waals surface area contributed by atoms with Gasteiger partial charge in [-0.1, -0.05) is 71.9 Å². The molecular formula is C22H30F2. The molecule has 2 heteroatoms. The Labute approximate surface area is 145 Å². The topological polar surface area (TPSA) is 0 Å². The van der Waals surface area contributed by atoms with E-state index < -0.39 is 0 Å². The van der Waals surface area contributed by atoms with E-state index in [9.17, 15) is 8.78 Å². The molecule has 0 saturated heterocycles. The van der Waals surface area contributed by atoms with Gasteiger partial charge in [0.25, 0.3) is 0 Å². The highest BCUT2D eigenvalue weighted by Crippen LogP contribution is 2.21. The zero-order valence-corrected chi connectivity index (χ0v) is 15.8. The molecule has 0 aliphatic rings. The van der Waals surface area contributed by atoms with Crippen LogP contribution in [0, 0.1) is 11.6 Å². The number of halogens is 2. The normalized spacial score (nSPS) is 10.8. The van der Waals surface area contributed by atoms with E-state index in [0.29, 0.717) is 0 Å². The molecule has 0 aliphatic carbocycles. The first-order chi connectivity index (χ1) is 11.3. The van der Waals surface area contributed by atoms with Gasteiger partial charge in [0.1, 0.15) is 11.6 Å². The standard InChI is InChI=1S/2C11H15F/c1-4-9-5-6-11(12)10(7-9)8(2)3;1-4-9-6-5-7-10(8(2)3)11(9)12/h2*5-8H,4H2,1-3H3. The van der Waals surface area contributed by atoms with Gasteiger partial charge < -0.3 is 0 Å². The van der Waals surface area contributed by atoms with Gasteiger partial charge in [0, 0.05) is 0 Å². The summed E-state index contributed by atoms with van der Waals surface area (Å²) >= 11 is 0. The first-order valence-electron chi connectivity index (χ1n) is 8.87. The molecule has 0 spiro atoms. The van der Waals surface area contributed by atoms with Crippen LogP contribution in [0.25, 0.3) is 0 Å². The van der Waals surface area contributed by atoms with E-state index >= 15 is 0 Å². The highest BCUT2D eigenvalue weighted by molar-refractivity contribution is 5.28. The van der Waals surface area contributed by atoms with Gasteiger partial charge in [-0.25, -0.2) is 8.78 Å². The number of hydrogen-bond donors (Lipinski definition) is 0. The Bertz CT molecular complexity index is 636. The Morgan fingerprint density at radius 2 is 1.42 bits per heavy atom. The lowest BCUT2D eigenvalue weighted by Crippen LogP contribution is -1.96. The second kappa shape index (κ2) is 9.56. The molecule has 0 bridgehead atoms. The maximum absolute atomic E-state index is 13.5. The molecule has 0 unspecified atom stereocenters. The molecule has 0 saturated carbocycles. The zero-order chi connectivity index (χ0) is 18.3. The van der Waals surface area contributed by atoms with Gasteiger partial charge in [0.15, 0.2) is 0 Å². The van der Waals surface area contributed by atoms with Crippen molar-refractivity contribution in [3.05, 3.63) is 70.3 Å². The van der Waals surface area contributed by atoms with Crippen LogP contribution in [0.3, 0.4) is 0 Å². The van der Waals surface area contributed by atoms with Gasteiger partial charge in [-0.05, 0) is 53.0 Å². The predicted molar refractivity (Wildman–Crippen MR) is 99.7 cm³/mol. The zero-order valence-electron chi connectivity index (χ0n) is 15.8. The highest BCUT2D eigenvalue weighted by Gasteiger charge is 2.08. The molecule has 0 amide bonds. The minimum atomic E-state index is -0.0813. The lowest BCUT2D eigenvalue weighted by atomic mass is 9.99. The van der Waals surface area contributed by atoms with Gasteiger partial charge in [-0.3, -0.25) is 0 Å². The van der Waals surface area contributed by atoms with E-state index in [2.05, 4.69) is 6.92 Å². The van der Waals surface area contributed by atoms with Crippen molar-refractivity contribution >= 4 is 0 Å². The summed E-state index contributed by atoms with van der Waals surface area (Å²) < 4.78 is 26.7. The van der Waals surface area contributed by atoms with Crippen LogP contribution < -0.4 is 0 Å². The Balaban J connectivity index is 0.000000240. The number of hydrogen-bond acceptors (Lipinski definition) is 0. The fourth-order valence-corrected chi connectivity index (χ4v) is 2.57. The molecular weight excluding hydrogens is 302 g/mol. The molecule has 0 nitrogen and oxygen atoms in total. The summed E-state index contributed by atoms with van der Waals surface area (Å²) in [5.74, 6) is 0.449. The van der Waals surface area contributed by atoms with Crippen molar-refractivity contribution in [2.24, 2.45) is 0 Å². The van der Waals surface area contributed by atoms with Crippen molar-refractivity contribution in [2.45, 2.75) is 66.2 Å². The molecule has 0 N–H and O–H groups in total. The van der Waals surface area contributed by atoms with Gasteiger partial charge in [-0.2, -0.15) is 0 Å². The maximum Gasteiger partial charge on any atom is 0.129 e. The molecule has 0 atom stereocenters. The predicted octanol–water partition coefficient (Wildman–Crippen LogP) is 7.02. The van der Waals surface area contributed by atoms with E-state index in [-0.39, 0.29) is 23.5 Å². The van der Waals surface area contributed by atoms with Crippen molar-refractivity contribution < 1.29 is 8.78 Å². The summed E-state index contributed by atoms with van der Waals surface area (Å²) in [5, 5.41) is 0. The van der Waals surface area contributed by atoms with Crippen molar-refractivity contribution in [1.29, 1.82) is 0 Å². The smallest absolute Gasteiger partial charge is 0.129 e. The third-order valence-corrected chi connectivity index (χ3v) is 4.20. The molecule has 2 aromatic carbocycles. The van der Waals surface area contributed by atoms with Gasteiger partial charge >= 0.3 is 0 Å². The molecule has 24 heavy (non-hydrogen) atoms. The Morgan fingerprint density at radius 3 is 1.92 bits per heavy atom. The fourth-order valence-electron chi connectivity index (χ4n) is 2.57. The van der Waals surface area contributed by atoms with Crippen LogP contribution in [0.4, 0.5) is 8.78 Å². The molecule has 132 valence electrons. The Kier molecular flexibility index (Phi) is 8.10. The number of benzene rings is 2. The lowest BCUT2D eigenvalue weighted by Gasteiger charge is -2.09. The minimum absolute atomic E-state index is 0.0185. The highest BCUT2D eigenvalue weighted by atomic mass is 19.1. The average Bonchev–Trinajstić information content (AvgIpc) is 2.55. The SMILES string of the molecule is CCc1ccc(F)c(C(C)C)c1.CCc1cccc(C(C)C)c1F. The van der Waals surface area contributed by atoms with E-state index in [1.807, 2.05) is 65.0 Å². The molecule has 2 rings (SSSR count). The summed E-state index contributed by atoms with van der Waals surface area (Å²) in [4.78, 5) is 0. The molecule has 0 aliphatic heterocycles. The van der Waals surface area contributed by atoms with Crippen molar-refractivity contribution in [2.75, 3.05) is 0 Å². The number of aryl methyl sites for hydroxylation is 2. The van der Waals surface area contributed by atoms with Crippen LogP contribution in [0.2, 0.25) is 0 Å².